The Balaban J connectivity index is 2.25. The van der Waals surface area contributed by atoms with E-state index in [1.165, 1.54) is 15.3 Å². The highest BCUT2D eigenvalue weighted by molar-refractivity contribution is 9.10. The molecule has 1 heterocycles. The minimum Gasteiger partial charge on any atom is -0.315 e. The van der Waals surface area contributed by atoms with Crippen LogP contribution >= 0.6 is 27.3 Å². The van der Waals surface area contributed by atoms with Crippen LogP contribution in [-0.2, 0) is 6.54 Å². The van der Waals surface area contributed by atoms with E-state index in [1.807, 2.05) is 18.4 Å². The van der Waals surface area contributed by atoms with E-state index in [-0.39, 0.29) is 0 Å². The zero-order valence-electron chi connectivity index (χ0n) is 8.46. The number of benzene rings is 1. The van der Waals surface area contributed by atoms with Crippen LogP contribution in [0.5, 0.6) is 0 Å². The molecule has 1 N–H and O–H groups in total. The molecule has 0 atom stereocenters. The number of thiophene rings is 1. The topological polar surface area (TPSA) is 12.0 Å². The lowest BCUT2D eigenvalue weighted by molar-refractivity contribution is 0.831. The molecule has 1 aromatic carbocycles. The molecule has 0 unspecified atom stereocenters. The maximum Gasteiger partial charge on any atom is 0.0346 e. The predicted molar refractivity (Wildman–Crippen MR) is 70.2 cm³/mol. The lowest BCUT2D eigenvalue weighted by Gasteiger charge is -1.97. The van der Waals surface area contributed by atoms with Gasteiger partial charge in [-0.25, -0.2) is 0 Å². The van der Waals surface area contributed by atoms with Crippen LogP contribution in [-0.4, -0.2) is 7.05 Å². The zero-order chi connectivity index (χ0) is 10.7. The molecule has 1 nitrogen and oxygen atoms in total. The second-order valence-electron chi connectivity index (χ2n) is 3.30. The highest BCUT2D eigenvalue weighted by Gasteiger charge is 2.01. The molecule has 3 heteroatoms. The molecule has 2 rings (SSSR count). The summed E-state index contributed by atoms with van der Waals surface area (Å²) in [5.41, 5.74) is 1.28. The third-order valence-corrected chi connectivity index (χ3v) is 3.80. The Morgan fingerprint density at radius 1 is 1.13 bits per heavy atom. The van der Waals surface area contributed by atoms with Crippen LogP contribution in [0.15, 0.2) is 40.9 Å². The van der Waals surface area contributed by atoms with Crippen LogP contribution < -0.4 is 5.32 Å². The highest BCUT2D eigenvalue weighted by atomic mass is 79.9. The van der Waals surface area contributed by atoms with Gasteiger partial charge in [0.25, 0.3) is 0 Å². The average Bonchev–Trinajstić information content (AvgIpc) is 2.68. The lowest BCUT2D eigenvalue weighted by Crippen LogP contribution is -2.02. The van der Waals surface area contributed by atoms with Gasteiger partial charge >= 0.3 is 0 Å². The summed E-state index contributed by atoms with van der Waals surface area (Å²) >= 11 is 5.28. The van der Waals surface area contributed by atoms with E-state index in [0.717, 1.165) is 11.0 Å². The van der Waals surface area contributed by atoms with Crippen LogP contribution in [0.25, 0.3) is 10.4 Å². The van der Waals surface area contributed by atoms with Crippen LogP contribution in [0.1, 0.15) is 4.88 Å². The van der Waals surface area contributed by atoms with Gasteiger partial charge in [0.2, 0.25) is 0 Å². The van der Waals surface area contributed by atoms with Crippen molar-refractivity contribution in [3.05, 3.63) is 45.7 Å². The summed E-state index contributed by atoms with van der Waals surface area (Å²) in [4.78, 5) is 2.70. The Morgan fingerprint density at radius 3 is 2.53 bits per heavy atom. The summed E-state index contributed by atoms with van der Waals surface area (Å²) in [6.07, 6.45) is 0. The summed E-state index contributed by atoms with van der Waals surface area (Å²) in [6, 6.07) is 12.8. The minimum absolute atomic E-state index is 0.946. The molecule has 0 saturated carbocycles. The molecule has 0 aliphatic heterocycles. The fourth-order valence-corrected chi connectivity index (χ4v) is 2.71. The standard InChI is InChI=1S/C12H12BrNS/c1-14-8-11-6-7-12(15-11)9-2-4-10(13)5-3-9/h2-7,14H,8H2,1H3. The van der Waals surface area contributed by atoms with Crippen molar-refractivity contribution in [2.75, 3.05) is 7.05 Å². The van der Waals surface area contributed by atoms with Gasteiger partial charge in [0.05, 0.1) is 0 Å². The molecular formula is C12H12BrNS. The molecule has 0 bridgehead atoms. The molecule has 2 aromatic rings. The first kappa shape index (κ1) is 10.9. The molecule has 78 valence electrons. The Bertz CT molecular complexity index is 433. The van der Waals surface area contributed by atoms with Gasteiger partial charge in [-0.05, 0) is 36.9 Å². The van der Waals surface area contributed by atoms with Gasteiger partial charge in [-0.15, -0.1) is 11.3 Å². The number of halogens is 1. The number of rotatable bonds is 3. The molecule has 0 amide bonds. The second kappa shape index (κ2) is 4.92. The van der Waals surface area contributed by atoms with Crippen molar-refractivity contribution in [1.29, 1.82) is 0 Å². The average molecular weight is 282 g/mol. The van der Waals surface area contributed by atoms with Gasteiger partial charge in [0, 0.05) is 20.8 Å². The first-order chi connectivity index (χ1) is 7.29. The number of nitrogens with one attached hydrogen (secondary N) is 1. The van der Waals surface area contributed by atoms with Crippen molar-refractivity contribution in [2.24, 2.45) is 0 Å². The van der Waals surface area contributed by atoms with Crippen LogP contribution in [0.3, 0.4) is 0 Å². The zero-order valence-corrected chi connectivity index (χ0v) is 10.9. The third kappa shape index (κ3) is 2.68. The summed E-state index contributed by atoms with van der Waals surface area (Å²) in [6.45, 7) is 0.946. The first-order valence-electron chi connectivity index (χ1n) is 4.79. The van der Waals surface area contributed by atoms with Gasteiger partial charge in [0.1, 0.15) is 0 Å². The first-order valence-corrected chi connectivity index (χ1v) is 6.40. The van der Waals surface area contributed by atoms with Crippen molar-refractivity contribution in [3.63, 3.8) is 0 Å². The second-order valence-corrected chi connectivity index (χ2v) is 5.39. The predicted octanol–water partition coefficient (Wildman–Crippen LogP) is 3.90. The lowest BCUT2D eigenvalue weighted by atomic mass is 10.2. The summed E-state index contributed by atoms with van der Waals surface area (Å²) in [7, 11) is 1.97. The van der Waals surface area contributed by atoms with Gasteiger partial charge < -0.3 is 5.32 Å². The van der Waals surface area contributed by atoms with Crippen molar-refractivity contribution < 1.29 is 0 Å². The molecule has 0 saturated heterocycles. The number of hydrogen-bond acceptors (Lipinski definition) is 2. The van der Waals surface area contributed by atoms with E-state index >= 15 is 0 Å². The fourth-order valence-electron chi connectivity index (χ4n) is 1.42. The molecule has 0 radical (unpaired) electrons. The van der Waals surface area contributed by atoms with Crippen LogP contribution in [0, 0.1) is 0 Å². The van der Waals surface area contributed by atoms with E-state index < -0.39 is 0 Å². The Kier molecular flexibility index (Phi) is 3.57. The van der Waals surface area contributed by atoms with Gasteiger partial charge in [0.15, 0.2) is 0 Å². The SMILES string of the molecule is CNCc1ccc(-c2ccc(Br)cc2)s1. The molecule has 1 aromatic heterocycles. The number of hydrogen-bond donors (Lipinski definition) is 1. The Morgan fingerprint density at radius 2 is 1.87 bits per heavy atom. The summed E-state index contributed by atoms with van der Waals surface area (Å²) < 4.78 is 1.12. The molecule has 0 spiro atoms. The van der Waals surface area contributed by atoms with Crippen LogP contribution in [0.4, 0.5) is 0 Å². The summed E-state index contributed by atoms with van der Waals surface area (Å²) in [5.74, 6) is 0. The third-order valence-electron chi connectivity index (χ3n) is 2.14. The summed E-state index contributed by atoms with van der Waals surface area (Å²) in [5, 5.41) is 3.16. The van der Waals surface area contributed by atoms with Crippen molar-refractivity contribution in [2.45, 2.75) is 6.54 Å². The van der Waals surface area contributed by atoms with E-state index in [0.29, 0.717) is 0 Å². The largest absolute Gasteiger partial charge is 0.315 e. The Hall–Kier alpha value is -0.640. The maximum absolute atomic E-state index is 3.44. The smallest absolute Gasteiger partial charge is 0.0346 e. The molecular weight excluding hydrogens is 270 g/mol. The quantitative estimate of drug-likeness (QED) is 0.900. The maximum atomic E-state index is 3.44. The van der Waals surface area contributed by atoms with Gasteiger partial charge in [-0.3, -0.25) is 0 Å². The van der Waals surface area contributed by atoms with Crippen molar-refractivity contribution >= 4 is 27.3 Å². The van der Waals surface area contributed by atoms with E-state index in [1.54, 1.807) is 0 Å². The normalized spacial score (nSPS) is 10.5. The highest BCUT2D eigenvalue weighted by Crippen LogP contribution is 2.28. The molecule has 0 fully saturated rings. The van der Waals surface area contributed by atoms with Crippen molar-refractivity contribution in [3.8, 4) is 10.4 Å². The van der Waals surface area contributed by atoms with E-state index in [2.05, 4.69) is 57.6 Å². The van der Waals surface area contributed by atoms with E-state index in [9.17, 15) is 0 Å². The monoisotopic (exact) mass is 281 g/mol. The molecule has 0 aliphatic carbocycles. The van der Waals surface area contributed by atoms with Crippen molar-refractivity contribution in [1.82, 2.24) is 5.32 Å². The molecule has 0 aliphatic rings. The van der Waals surface area contributed by atoms with Gasteiger partial charge in [-0.1, -0.05) is 28.1 Å². The molecule has 15 heavy (non-hydrogen) atoms. The van der Waals surface area contributed by atoms with Crippen LogP contribution in [0.2, 0.25) is 0 Å². The van der Waals surface area contributed by atoms with Gasteiger partial charge in [-0.2, -0.15) is 0 Å². The minimum atomic E-state index is 0.946. The fraction of sp³-hybridized carbons (Fsp3) is 0.167. The Labute approximate surface area is 102 Å². The van der Waals surface area contributed by atoms with E-state index in [4.69, 9.17) is 0 Å².